The maximum atomic E-state index is 4.78. The standard InChI is InChI=1S/C21H23N5S/c1-16-6-7-20-22-17(14-26(20)12-16)13-24-8-10-25(11-9-24)15-21-23-18-4-2-3-5-19(18)27-21/h2-7,12,14H,8-11,13,15H2,1H3. The lowest BCUT2D eigenvalue weighted by Crippen LogP contribution is -2.45. The lowest BCUT2D eigenvalue weighted by atomic mass is 10.3. The van der Waals surface area contributed by atoms with Gasteiger partial charge in [0.05, 0.1) is 22.5 Å². The van der Waals surface area contributed by atoms with E-state index in [4.69, 9.17) is 9.97 Å². The summed E-state index contributed by atoms with van der Waals surface area (Å²) in [7, 11) is 0. The molecule has 5 nitrogen and oxygen atoms in total. The van der Waals surface area contributed by atoms with Crippen molar-refractivity contribution in [3.8, 4) is 0 Å². The molecule has 4 heterocycles. The molecule has 27 heavy (non-hydrogen) atoms. The fourth-order valence-corrected chi connectivity index (χ4v) is 4.76. The highest BCUT2D eigenvalue weighted by Crippen LogP contribution is 2.23. The van der Waals surface area contributed by atoms with Gasteiger partial charge >= 0.3 is 0 Å². The molecule has 0 radical (unpaired) electrons. The first kappa shape index (κ1) is 16.9. The summed E-state index contributed by atoms with van der Waals surface area (Å²) >= 11 is 1.82. The van der Waals surface area contributed by atoms with Gasteiger partial charge in [-0.2, -0.15) is 0 Å². The Labute approximate surface area is 162 Å². The van der Waals surface area contributed by atoms with Gasteiger partial charge in [0.1, 0.15) is 10.7 Å². The van der Waals surface area contributed by atoms with Crippen molar-refractivity contribution < 1.29 is 0 Å². The maximum Gasteiger partial charge on any atom is 0.137 e. The Morgan fingerprint density at radius 3 is 2.48 bits per heavy atom. The molecule has 138 valence electrons. The van der Waals surface area contributed by atoms with Crippen LogP contribution < -0.4 is 0 Å². The fourth-order valence-electron chi connectivity index (χ4n) is 3.75. The summed E-state index contributed by atoms with van der Waals surface area (Å²) < 4.78 is 3.42. The third-order valence-corrected chi connectivity index (χ3v) is 6.22. The van der Waals surface area contributed by atoms with Gasteiger partial charge in [-0.25, -0.2) is 9.97 Å². The number of hydrogen-bond donors (Lipinski definition) is 0. The van der Waals surface area contributed by atoms with Crippen molar-refractivity contribution in [2.75, 3.05) is 26.2 Å². The zero-order chi connectivity index (χ0) is 18.2. The highest BCUT2D eigenvalue weighted by atomic mass is 32.1. The summed E-state index contributed by atoms with van der Waals surface area (Å²) in [4.78, 5) is 14.6. The van der Waals surface area contributed by atoms with Gasteiger partial charge in [0.2, 0.25) is 0 Å². The first-order valence-electron chi connectivity index (χ1n) is 9.46. The first-order chi connectivity index (χ1) is 13.2. The van der Waals surface area contributed by atoms with Crippen molar-refractivity contribution in [2.24, 2.45) is 0 Å². The molecule has 6 heteroatoms. The van der Waals surface area contributed by atoms with Gasteiger partial charge in [-0.3, -0.25) is 9.80 Å². The maximum absolute atomic E-state index is 4.78. The fraction of sp³-hybridized carbons (Fsp3) is 0.333. The van der Waals surface area contributed by atoms with Gasteiger partial charge in [-0.15, -0.1) is 11.3 Å². The second-order valence-corrected chi connectivity index (χ2v) is 8.45. The SMILES string of the molecule is Cc1ccc2nc(CN3CCN(Cc4nc5ccccc5s4)CC3)cn2c1. The molecule has 0 saturated carbocycles. The van der Waals surface area contributed by atoms with Crippen LogP contribution in [0.25, 0.3) is 15.9 Å². The third kappa shape index (κ3) is 3.60. The zero-order valence-electron chi connectivity index (χ0n) is 15.5. The van der Waals surface area contributed by atoms with Crippen LogP contribution in [0.15, 0.2) is 48.8 Å². The minimum atomic E-state index is 0.926. The molecule has 1 fully saturated rings. The molecule has 0 unspecified atom stereocenters. The zero-order valence-corrected chi connectivity index (χ0v) is 16.3. The van der Waals surface area contributed by atoms with E-state index < -0.39 is 0 Å². The minimum absolute atomic E-state index is 0.926. The van der Waals surface area contributed by atoms with Crippen LogP contribution in [-0.2, 0) is 13.1 Å². The number of aryl methyl sites for hydroxylation is 1. The number of benzene rings is 1. The molecule has 0 amide bonds. The Kier molecular flexibility index (Phi) is 4.39. The molecule has 1 aliphatic rings. The van der Waals surface area contributed by atoms with Gasteiger partial charge in [0.15, 0.2) is 0 Å². The molecule has 0 spiro atoms. The summed E-state index contributed by atoms with van der Waals surface area (Å²) in [5.41, 5.74) is 4.57. The molecule has 5 rings (SSSR count). The van der Waals surface area contributed by atoms with Crippen LogP contribution in [-0.4, -0.2) is 50.3 Å². The number of aromatic nitrogens is 3. The minimum Gasteiger partial charge on any atom is -0.307 e. The molecule has 0 aliphatic carbocycles. The summed E-state index contributed by atoms with van der Waals surface area (Å²) in [6.07, 6.45) is 4.30. The van der Waals surface area contributed by atoms with Crippen molar-refractivity contribution in [2.45, 2.75) is 20.0 Å². The van der Waals surface area contributed by atoms with Crippen LogP contribution in [0.5, 0.6) is 0 Å². The van der Waals surface area contributed by atoms with Gasteiger partial charge in [0, 0.05) is 45.1 Å². The molecule has 1 aromatic carbocycles. The van der Waals surface area contributed by atoms with E-state index in [1.807, 2.05) is 11.3 Å². The molecular weight excluding hydrogens is 354 g/mol. The van der Waals surface area contributed by atoms with Crippen LogP contribution in [0, 0.1) is 6.92 Å². The smallest absolute Gasteiger partial charge is 0.137 e. The Morgan fingerprint density at radius 1 is 0.889 bits per heavy atom. The van der Waals surface area contributed by atoms with E-state index in [2.05, 4.69) is 69.9 Å². The number of imidazole rings is 1. The van der Waals surface area contributed by atoms with E-state index in [1.54, 1.807) is 0 Å². The second kappa shape index (κ2) is 7.03. The van der Waals surface area contributed by atoms with Gasteiger partial charge in [-0.1, -0.05) is 18.2 Å². The number of para-hydroxylation sites is 1. The van der Waals surface area contributed by atoms with Crippen molar-refractivity contribution in [3.63, 3.8) is 0 Å². The summed E-state index contributed by atoms with van der Waals surface area (Å²) in [6, 6.07) is 12.6. The topological polar surface area (TPSA) is 36.7 Å². The normalized spacial score (nSPS) is 16.5. The van der Waals surface area contributed by atoms with Gasteiger partial charge in [0.25, 0.3) is 0 Å². The molecule has 0 bridgehead atoms. The molecular formula is C21H23N5S. The Hall–Kier alpha value is -2.28. The average Bonchev–Trinajstić information content (AvgIpc) is 3.25. The van der Waals surface area contributed by atoms with Crippen molar-refractivity contribution in [1.82, 2.24) is 24.2 Å². The molecule has 3 aromatic heterocycles. The summed E-state index contributed by atoms with van der Waals surface area (Å²) in [6.45, 7) is 8.33. The number of thiazole rings is 1. The quantitative estimate of drug-likeness (QED) is 0.545. The number of nitrogens with zero attached hydrogens (tertiary/aromatic N) is 5. The van der Waals surface area contributed by atoms with Crippen molar-refractivity contribution in [3.05, 3.63) is 65.1 Å². The Morgan fingerprint density at radius 2 is 1.67 bits per heavy atom. The van der Waals surface area contributed by atoms with Crippen LogP contribution in [0.4, 0.5) is 0 Å². The predicted octanol–water partition coefficient (Wildman–Crippen LogP) is 3.57. The molecule has 0 atom stereocenters. The van der Waals surface area contributed by atoms with E-state index in [9.17, 15) is 0 Å². The number of fused-ring (bicyclic) bond motifs is 2. The van der Waals surface area contributed by atoms with E-state index in [-0.39, 0.29) is 0 Å². The van der Waals surface area contributed by atoms with Gasteiger partial charge < -0.3 is 4.40 Å². The summed E-state index contributed by atoms with van der Waals surface area (Å²) in [5.74, 6) is 0. The van der Waals surface area contributed by atoms with E-state index in [1.165, 1.54) is 15.3 Å². The van der Waals surface area contributed by atoms with Crippen molar-refractivity contribution in [1.29, 1.82) is 0 Å². The molecule has 1 saturated heterocycles. The third-order valence-electron chi connectivity index (χ3n) is 5.20. The number of pyridine rings is 1. The molecule has 4 aromatic rings. The molecule has 1 aliphatic heterocycles. The van der Waals surface area contributed by atoms with Crippen LogP contribution >= 0.6 is 11.3 Å². The predicted molar refractivity (Wildman–Crippen MR) is 110 cm³/mol. The highest BCUT2D eigenvalue weighted by molar-refractivity contribution is 7.18. The number of hydrogen-bond acceptors (Lipinski definition) is 5. The number of rotatable bonds is 4. The van der Waals surface area contributed by atoms with Gasteiger partial charge in [-0.05, 0) is 30.7 Å². The lowest BCUT2D eigenvalue weighted by Gasteiger charge is -2.33. The van der Waals surface area contributed by atoms with Crippen LogP contribution in [0.3, 0.4) is 0 Å². The second-order valence-electron chi connectivity index (χ2n) is 7.33. The van der Waals surface area contributed by atoms with Crippen LogP contribution in [0.1, 0.15) is 16.3 Å². The number of piperazine rings is 1. The van der Waals surface area contributed by atoms with Crippen molar-refractivity contribution >= 4 is 27.2 Å². The van der Waals surface area contributed by atoms with E-state index in [0.29, 0.717) is 0 Å². The monoisotopic (exact) mass is 377 g/mol. The van der Waals surface area contributed by atoms with Crippen LogP contribution in [0.2, 0.25) is 0 Å². The average molecular weight is 378 g/mol. The highest BCUT2D eigenvalue weighted by Gasteiger charge is 2.19. The lowest BCUT2D eigenvalue weighted by molar-refractivity contribution is 0.121. The Balaban J connectivity index is 1.19. The summed E-state index contributed by atoms with van der Waals surface area (Å²) in [5, 5.41) is 1.22. The first-order valence-corrected chi connectivity index (χ1v) is 10.3. The van der Waals surface area contributed by atoms with E-state index >= 15 is 0 Å². The Bertz CT molecular complexity index is 1040. The molecule has 0 N–H and O–H groups in total. The largest absolute Gasteiger partial charge is 0.307 e. The van der Waals surface area contributed by atoms with E-state index in [0.717, 1.165) is 56.1 Å².